The van der Waals surface area contributed by atoms with Crippen molar-refractivity contribution in [2.75, 3.05) is 12.4 Å². The van der Waals surface area contributed by atoms with Gasteiger partial charge >= 0.3 is 12.2 Å². The quantitative estimate of drug-likeness (QED) is 0.933. The van der Waals surface area contributed by atoms with Gasteiger partial charge in [-0.25, -0.2) is 4.79 Å². The van der Waals surface area contributed by atoms with Crippen LogP contribution >= 0.6 is 0 Å². The highest BCUT2D eigenvalue weighted by molar-refractivity contribution is 5.90. The molecule has 0 atom stereocenters. The number of aryl methyl sites for hydroxylation is 1. The highest BCUT2D eigenvalue weighted by atomic mass is 19.4. The number of amides is 2. The van der Waals surface area contributed by atoms with E-state index >= 15 is 0 Å². The fourth-order valence-electron chi connectivity index (χ4n) is 2.06. The molecule has 5 nitrogen and oxygen atoms in total. The second-order valence-corrected chi connectivity index (χ2v) is 5.03. The summed E-state index contributed by atoms with van der Waals surface area (Å²) in [6.45, 7) is 2.89. The van der Waals surface area contributed by atoms with Crippen LogP contribution in [0.5, 0.6) is 0 Å². The molecule has 1 N–H and O–H groups in total. The summed E-state index contributed by atoms with van der Waals surface area (Å²) in [5.74, 6) is 0. The monoisotopic (exact) mass is 326 g/mol. The Bertz CT molecular complexity index is 681. The van der Waals surface area contributed by atoms with Gasteiger partial charge in [-0.15, -0.1) is 0 Å². The maximum atomic E-state index is 12.9. The van der Waals surface area contributed by atoms with Crippen LogP contribution in [0.3, 0.4) is 0 Å². The normalized spacial score (nSPS) is 11.3. The number of carbonyl (C=O) groups excluding carboxylic acids is 1. The van der Waals surface area contributed by atoms with Crippen molar-refractivity contribution in [1.29, 1.82) is 0 Å². The summed E-state index contributed by atoms with van der Waals surface area (Å²) in [4.78, 5) is 13.4. The van der Waals surface area contributed by atoms with Gasteiger partial charge in [0.1, 0.15) is 0 Å². The second kappa shape index (κ2) is 6.72. The number of nitrogens with one attached hydrogen (secondary N) is 1. The van der Waals surface area contributed by atoms with E-state index in [0.717, 1.165) is 11.6 Å². The lowest BCUT2D eigenvalue weighted by molar-refractivity contribution is -0.136. The molecule has 2 rings (SSSR count). The number of urea groups is 1. The number of hydrogen-bond donors (Lipinski definition) is 1. The minimum absolute atomic E-state index is 0.250. The molecule has 2 aromatic rings. The fourth-order valence-corrected chi connectivity index (χ4v) is 2.06. The van der Waals surface area contributed by atoms with Crippen molar-refractivity contribution in [2.24, 2.45) is 0 Å². The molecule has 0 fully saturated rings. The zero-order chi connectivity index (χ0) is 17.0. The third kappa shape index (κ3) is 4.24. The third-order valence-corrected chi connectivity index (χ3v) is 3.25. The minimum atomic E-state index is -4.52. The summed E-state index contributed by atoms with van der Waals surface area (Å²) in [6, 6.07) is 4.26. The smallest absolute Gasteiger partial charge is 0.323 e. The first-order valence-electron chi connectivity index (χ1n) is 7.01. The molecule has 0 spiro atoms. The number of rotatable bonds is 4. The van der Waals surface area contributed by atoms with Crippen LogP contribution in [-0.2, 0) is 19.3 Å². The van der Waals surface area contributed by atoms with Crippen LogP contribution in [0.4, 0.5) is 23.7 Å². The van der Waals surface area contributed by atoms with Crippen LogP contribution in [-0.4, -0.2) is 27.8 Å². The molecule has 2 amide bonds. The van der Waals surface area contributed by atoms with E-state index in [1.807, 2.05) is 6.92 Å². The molecule has 23 heavy (non-hydrogen) atoms. The van der Waals surface area contributed by atoms with Crippen molar-refractivity contribution in [3.63, 3.8) is 0 Å². The first kappa shape index (κ1) is 16.9. The Kier molecular flexibility index (Phi) is 4.92. The topological polar surface area (TPSA) is 50.2 Å². The average molecular weight is 326 g/mol. The summed E-state index contributed by atoms with van der Waals surface area (Å²) in [5.41, 5.74) is -0.338. The number of aromatic nitrogens is 2. The van der Waals surface area contributed by atoms with Gasteiger partial charge in [-0.3, -0.25) is 4.68 Å². The average Bonchev–Trinajstić information content (AvgIpc) is 2.94. The standard InChI is InChI=1S/C15H17F3N4O/c1-3-22-10-11(8-19-22)9-21(2)14(23)20-13-7-5-4-6-12(13)15(16,17)18/h4-8,10H,3,9H2,1-2H3,(H,20,23). The van der Waals surface area contributed by atoms with Crippen molar-refractivity contribution in [3.05, 3.63) is 47.8 Å². The van der Waals surface area contributed by atoms with E-state index in [1.54, 1.807) is 17.1 Å². The summed E-state index contributed by atoms with van der Waals surface area (Å²) >= 11 is 0. The van der Waals surface area contributed by atoms with Gasteiger partial charge in [0, 0.05) is 25.4 Å². The number of benzene rings is 1. The molecule has 1 aromatic carbocycles. The Morgan fingerprint density at radius 1 is 1.35 bits per heavy atom. The zero-order valence-corrected chi connectivity index (χ0v) is 12.8. The Labute approximate surface area is 131 Å². The van der Waals surface area contributed by atoms with Crippen LogP contribution in [0.15, 0.2) is 36.7 Å². The van der Waals surface area contributed by atoms with Gasteiger partial charge in [-0.05, 0) is 19.1 Å². The Morgan fingerprint density at radius 2 is 2.04 bits per heavy atom. The Hall–Kier alpha value is -2.51. The maximum Gasteiger partial charge on any atom is 0.418 e. The van der Waals surface area contributed by atoms with E-state index in [-0.39, 0.29) is 12.2 Å². The molecule has 0 aliphatic carbocycles. The molecule has 8 heteroatoms. The third-order valence-electron chi connectivity index (χ3n) is 3.25. The van der Waals surface area contributed by atoms with Crippen molar-refractivity contribution >= 4 is 11.7 Å². The number of alkyl halides is 3. The molecular formula is C15H17F3N4O. The lowest BCUT2D eigenvalue weighted by Gasteiger charge is -2.19. The second-order valence-electron chi connectivity index (χ2n) is 5.03. The van der Waals surface area contributed by atoms with Crippen molar-refractivity contribution < 1.29 is 18.0 Å². The minimum Gasteiger partial charge on any atom is -0.323 e. The highest BCUT2D eigenvalue weighted by Gasteiger charge is 2.33. The van der Waals surface area contributed by atoms with Crippen molar-refractivity contribution in [1.82, 2.24) is 14.7 Å². The van der Waals surface area contributed by atoms with Crippen LogP contribution < -0.4 is 5.32 Å². The van der Waals surface area contributed by atoms with Crippen molar-refractivity contribution in [3.8, 4) is 0 Å². The Morgan fingerprint density at radius 3 is 2.65 bits per heavy atom. The first-order valence-corrected chi connectivity index (χ1v) is 7.01. The molecule has 0 radical (unpaired) electrons. The highest BCUT2D eigenvalue weighted by Crippen LogP contribution is 2.34. The lowest BCUT2D eigenvalue weighted by atomic mass is 10.1. The van der Waals surface area contributed by atoms with Crippen LogP contribution in [0.2, 0.25) is 0 Å². The summed E-state index contributed by atoms with van der Waals surface area (Å²) in [6.07, 6.45) is -1.12. The molecule has 0 aliphatic heterocycles. The summed E-state index contributed by atoms with van der Waals surface area (Å²) in [5, 5.41) is 6.38. The number of nitrogens with zero attached hydrogens (tertiary/aromatic N) is 3. The number of halogens is 3. The van der Waals surface area contributed by atoms with E-state index in [2.05, 4.69) is 10.4 Å². The van der Waals surface area contributed by atoms with Crippen LogP contribution in [0.25, 0.3) is 0 Å². The van der Waals surface area contributed by atoms with Gasteiger partial charge in [-0.2, -0.15) is 18.3 Å². The predicted octanol–water partition coefficient (Wildman–Crippen LogP) is 3.59. The molecule has 0 bridgehead atoms. The van der Waals surface area contributed by atoms with Gasteiger partial charge in [0.15, 0.2) is 0 Å². The van der Waals surface area contributed by atoms with E-state index in [9.17, 15) is 18.0 Å². The predicted molar refractivity (Wildman–Crippen MR) is 79.8 cm³/mol. The van der Waals surface area contributed by atoms with Crippen LogP contribution in [0.1, 0.15) is 18.1 Å². The Balaban J connectivity index is 2.07. The maximum absolute atomic E-state index is 12.9. The van der Waals surface area contributed by atoms with Gasteiger partial charge < -0.3 is 10.2 Å². The van der Waals surface area contributed by atoms with E-state index in [1.165, 1.54) is 30.1 Å². The largest absolute Gasteiger partial charge is 0.418 e. The molecule has 0 saturated carbocycles. The van der Waals surface area contributed by atoms with Gasteiger partial charge in [0.25, 0.3) is 0 Å². The zero-order valence-electron chi connectivity index (χ0n) is 12.8. The number of carbonyl (C=O) groups is 1. The number of anilines is 1. The number of hydrogen-bond acceptors (Lipinski definition) is 2. The van der Waals surface area contributed by atoms with E-state index < -0.39 is 17.8 Å². The van der Waals surface area contributed by atoms with Gasteiger partial charge in [0.2, 0.25) is 0 Å². The lowest BCUT2D eigenvalue weighted by Crippen LogP contribution is -2.31. The SMILES string of the molecule is CCn1cc(CN(C)C(=O)Nc2ccccc2C(F)(F)F)cn1. The van der Waals surface area contributed by atoms with Gasteiger partial charge in [0.05, 0.1) is 24.0 Å². The van der Waals surface area contributed by atoms with Gasteiger partial charge in [-0.1, -0.05) is 12.1 Å². The molecule has 0 saturated heterocycles. The van der Waals surface area contributed by atoms with Crippen LogP contribution in [0, 0.1) is 0 Å². The molecule has 0 unspecified atom stereocenters. The molecular weight excluding hydrogens is 309 g/mol. The molecule has 124 valence electrons. The number of para-hydroxylation sites is 1. The first-order chi connectivity index (χ1) is 10.8. The molecule has 1 heterocycles. The van der Waals surface area contributed by atoms with E-state index in [0.29, 0.717) is 6.54 Å². The van der Waals surface area contributed by atoms with Crippen molar-refractivity contribution in [2.45, 2.75) is 26.2 Å². The molecule has 1 aromatic heterocycles. The summed E-state index contributed by atoms with van der Waals surface area (Å²) < 4.78 is 40.4. The fraction of sp³-hybridized carbons (Fsp3) is 0.333. The molecule has 0 aliphatic rings. The van der Waals surface area contributed by atoms with E-state index in [4.69, 9.17) is 0 Å². The summed E-state index contributed by atoms with van der Waals surface area (Å²) in [7, 11) is 1.51.